The molecule has 6 nitrogen and oxygen atoms in total. The molecule has 1 aliphatic rings. The van der Waals surface area contributed by atoms with Crippen LogP contribution in [0.3, 0.4) is 0 Å². The summed E-state index contributed by atoms with van der Waals surface area (Å²) in [7, 11) is 0. The van der Waals surface area contributed by atoms with Gasteiger partial charge in [0.15, 0.2) is 0 Å². The van der Waals surface area contributed by atoms with Gasteiger partial charge in [-0.15, -0.1) is 0 Å². The number of nitrogens with zero attached hydrogens (tertiary/aromatic N) is 3. The zero-order chi connectivity index (χ0) is 17.2. The molecule has 1 aliphatic heterocycles. The number of benzene rings is 1. The molecule has 0 spiro atoms. The maximum absolute atomic E-state index is 12.6. The van der Waals surface area contributed by atoms with Crippen LogP contribution in [0.5, 0.6) is 0 Å². The van der Waals surface area contributed by atoms with Crippen molar-refractivity contribution < 1.29 is 9.32 Å². The second kappa shape index (κ2) is 6.65. The lowest BCUT2D eigenvalue weighted by atomic mass is 9.92. The van der Waals surface area contributed by atoms with Gasteiger partial charge in [0.05, 0.1) is 5.69 Å². The highest BCUT2D eigenvalue weighted by molar-refractivity contribution is 5.87. The van der Waals surface area contributed by atoms with Gasteiger partial charge in [-0.1, -0.05) is 56.3 Å². The van der Waals surface area contributed by atoms with Gasteiger partial charge in [0, 0.05) is 31.1 Å². The van der Waals surface area contributed by atoms with Crippen molar-refractivity contribution in [3.8, 4) is 0 Å². The van der Waals surface area contributed by atoms with Crippen molar-refractivity contribution in [1.82, 2.24) is 15.2 Å². The maximum Gasteiger partial charge on any atom is 0.338 e. The molecule has 3 rings (SSSR count). The van der Waals surface area contributed by atoms with E-state index >= 15 is 0 Å². The van der Waals surface area contributed by atoms with Crippen LogP contribution in [0, 0.1) is 0 Å². The van der Waals surface area contributed by atoms with Gasteiger partial charge in [0.1, 0.15) is 0 Å². The highest BCUT2D eigenvalue weighted by Crippen LogP contribution is 2.24. The predicted octanol–water partition coefficient (Wildman–Crippen LogP) is 3.63. The van der Waals surface area contributed by atoms with Crippen molar-refractivity contribution >= 4 is 11.9 Å². The van der Waals surface area contributed by atoms with E-state index in [1.54, 1.807) is 11.1 Å². The van der Waals surface area contributed by atoms with E-state index in [1.807, 2.05) is 18.2 Å². The van der Waals surface area contributed by atoms with Gasteiger partial charge in [-0.2, -0.15) is 0 Å². The first-order valence-electron chi connectivity index (χ1n) is 8.28. The number of anilines is 1. The van der Waals surface area contributed by atoms with Crippen LogP contribution in [0.1, 0.15) is 38.4 Å². The SMILES string of the molecule is CC(C)(C)c1cc(NC(=O)N2CCCN2Cc2ccccc2)on1. The minimum Gasteiger partial charge on any atom is -0.338 e. The van der Waals surface area contributed by atoms with Crippen molar-refractivity contribution in [2.45, 2.75) is 39.2 Å². The lowest BCUT2D eigenvalue weighted by molar-refractivity contribution is 0.0622. The molecule has 1 N–H and O–H groups in total. The van der Waals surface area contributed by atoms with E-state index in [1.165, 1.54) is 5.56 Å². The number of hydrogen-bond acceptors (Lipinski definition) is 4. The monoisotopic (exact) mass is 328 g/mol. The van der Waals surface area contributed by atoms with Crippen molar-refractivity contribution in [3.05, 3.63) is 47.7 Å². The van der Waals surface area contributed by atoms with Crippen LogP contribution >= 0.6 is 0 Å². The third-order valence-corrected chi connectivity index (χ3v) is 4.08. The molecule has 1 saturated heterocycles. The Kier molecular flexibility index (Phi) is 4.57. The minimum atomic E-state index is -0.181. The summed E-state index contributed by atoms with van der Waals surface area (Å²) in [6.07, 6.45) is 0.962. The molecule has 24 heavy (non-hydrogen) atoms. The van der Waals surface area contributed by atoms with Gasteiger partial charge in [-0.3, -0.25) is 10.3 Å². The Morgan fingerprint density at radius 1 is 1.25 bits per heavy atom. The Labute approximate surface area is 142 Å². The summed E-state index contributed by atoms with van der Waals surface area (Å²) < 4.78 is 5.25. The molecule has 1 fully saturated rings. The van der Waals surface area contributed by atoms with Crippen molar-refractivity contribution in [2.24, 2.45) is 0 Å². The van der Waals surface area contributed by atoms with Crippen molar-refractivity contribution in [1.29, 1.82) is 0 Å². The third kappa shape index (κ3) is 3.76. The topological polar surface area (TPSA) is 61.6 Å². The number of amides is 2. The van der Waals surface area contributed by atoms with Gasteiger partial charge in [0.2, 0.25) is 5.88 Å². The minimum absolute atomic E-state index is 0.112. The smallest absolute Gasteiger partial charge is 0.338 e. The van der Waals surface area contributed by atoms with Gasteiger partial charge in [0.25, 0.3) is 0 Å². The van der Waals surface area contributed by atoms with E-state index in [0.717, 1.165) is 25.2 Å². The summed E-state index contributed by atoms with van der Waals surface area (Å²) in [5.41, 5.74) is 1.90. The van der Waals surface area contributed by atoms with Crippen LogP contribution in [-0.4, -0.2) is 34.3 Å². The standard InChI is InChI=1S/C18H24N4O2/c1-18(2,3)15-12-16(24-20-15)19-17(23)22-11-7-10-21(22)13-14-8-5-4-6-9-14/h4-6,8-9,12H,7,10-11,13H2,1-3H3,(H,19,23). The second-order valence-electron chi connectivity index (χ2n) is 7.11. The molecule has 1 aromatic carbocycles. The fourth-order valence-corrected chi connectivity index (χ4v) is 2.71. The molecule has 0 aliphatic carbocycles. The summed E-state index contributed by atoms with van der Waals surface area (Å²) >= 11 is 0. The second-order valence-corrected chi connectivity index (χ2v) is 7.11. The number of hydrogen-bond donors (Lipinski definition) is 1. The number of nitrogens with one attached hydrogen (secondary N) is 1. The number of aromatic nitrogens is 1. The largest absolute Gasteiger partial charge is 0.338 e. The Bertz CT molecular complexity index is 691. The van der Waals surface area contributed by atoms with Crippen LogP contribution < -0.4 is 5.32 Å². The molecule has 0 unspecified atom stereocenters. The number of rotatable bonds is 3. The fourth-order valence-electron chi connectivity index (χ4n) is 2.71. The number of urea groups is 1. The zero-order valence-corrected chi connectivity index (χ0v) is 14.5. The Hall–Kier alpha value is -2.34. The predicted molar refractivity (Wildman–Crippen MR) is 92.4 cm³/mol. The van der Waals surface area contributed by atoms with E-state index in [9.17, 15) is 4.79 Å². The highest BCUT2D eigenvalue weighted by atomic mass is 16.5. The molecule has 1 aromatic heterocycles. The Balaban J connectivity index is 1.64. The summed E-state index contributed by atoms with van der Waals surface area (Å²) in [4.78, 5) is 12.6. The Morgan fingerprint density at radius 2 is 2.00 bits per heavy atom. The molecule has 0 bridgehead atoms. The van der Waals surface area contributed by atoms with E-state index in [2.05, 4.69) is 48.4 Å². The summed E-state index contributed by atoms with van der Waals surface area (Å²) in [6.45, 7) is 8.46. The van der Waals surface area contributed by atoms with E-state index in [4.69, 9.17) is 4.52 Å². The third-order valence-electron chi connectivity index (χ3n) is 4.08. The Morgan fingerprint density at radius 3 is 2.67 bits per heavy atom. The first kappa shape index (κ1) is 16.5. The first-order chi connectivity index (χ1) is 11.4. The average molecular weight is 328 g/mol. The van der Waals surface area contributed by atoms with Crippen LogP contribution in [0.25, 0.3) is 0 Å². The normalized spacial score (nSPS) is 15.7. The molecule has 0 radical (unpaired) electrons. The van der Waals surface area contributed by atoms with E-state index in [-0.39, 0.29) is 11.4 Å². The maximum atomic E-state index is 12.6. The van der Waals surface area contributed by atoms with Crippen molar-refractivity contribution in [2.75, 3.05) is 18.4 Å². The van der Waals surface area contributed by atoms with Crippen LogP contribution in [0.15, 0.2) is 40.9 Å². The number of carbonyl (C=O) groups excluding carboxylic acids is 1. The fraction of sp³-hybridized carbons (Fsp3) is 0.444. The number of carbonyl (C=O) groups is 1. The van der Waals surface area contributed by atoms with Gasteiger partial charge in [-0.05, 0) is 12.0 Å². The van der Waals surface area contributed by atoms with Crippen LogP contribution in [0.4, 0.5) is 10.7 Å². The van der Waals surface area contributed by atoms with Gasteiger partial charge >= 0.3 is 6.03 Å². The van der Waals surface area contributed by atoms with Gasteiger partial charge in [-0.25, -0.2) is 9.80 Å². The quantitative estimate of drug-likeness (QED) is 0.934. The van der Waals surface area contributed by atoms with Crippen molar-refractivity contribution in [3.63, 3.8) is 0 Å². The molecular formula is C18H24N4O2. The number of hydrazine groups is 1. The van der Waals surface area contributed by atoms with Crippen LogP contribution in [0.2, 0.25) is 0 Å². The molecule has 2 heterocycles. The van der Waals surface area contributed by atoms with Crippen LogP contribution in [-0.2, 0) is 12.0 Å². The molecule has 2 aromatic rings. The molecule has 6 heteroatoms. The van der Waals surface area contributed by atoms with E-state index < -0.39 is 0 Å². The molecule has 0 saturated carbocycles. The van der Waals surface area contributed by atoms with E-state index in [0.29, 0.717) is 12.4 Å². The molecular weight excluding hydrogens is 304 g/mol. The summed E-state index contributed by atoms with van der Waals surface area (Å²) in [5.74, 6) is 0.386. The highest BCUT2D eigenvalue weighted by Gasteiger charge is 2.28. The summed E-state index contributed by atoms with van der Waals surface area (Å²) in [6, 6.07) is 11.8. The lowest BCUT2D eigenvalue weighted by Crippen LogP contribution is -2.43. The van der Waals surface area contributed by atoms with Gasteiger partial charge < -0.3 is 4.52 Å². The lowest BCUT2D eigenvalue weighted by Gasteiger charge is -2.27. The molecule has 128 valence electrons. The first-order valence-corrected chi connectivity index (χ1v) is 8.28. The summed E-state index contributed by atoms with van der Waals surface area (Å²) in [5, 5.41) is 10.6. The zero-order valence-electron chi connectivity index (χ0n) is 14.5. The average Bonchev–Trinajstić information content (AvgIpc) is 3.17. The molecule has 2 amide bonds. The molecule has 0 atom stereocenters.